The third-order valence-electron chi connectivity index (χ3n) is 3.08. The van der Waals surface area contributed by atoms with E-state index in [-0.39, 0.29) is 5.91 Å². The van der Waals surface area contributed by atoms with Gasteiger partial charge in [0, 0.05) is 17.9 Å². The van der Waals surface area contributed by atoms with E-state index in [9.17, 15) is 4.79 Å². The normalized spacial score (nSPS) is 10.6. The van der Waals surface area contributed by atoms with Crippen LogP contribution in [-0.4, -0.2) is 20.7 Å². The Morgan fingerprint density at radius 2 is 2.27 bits per heavy atom. The number of nitrogens with zero attached hydrogens (tertiary/aromatic N) is 3. The summed E-state index contributed by atoms with van der Waals surface area (Å²) in [5.41, 5.74) is 1.29. The number of amides is 1. The molecule has 22 heavy (non-hydrogen) atoms. The smallest absolute Gasteiger partial charge is 0.224 e. The van der Waals surface area contributed by atoms with Crippen LogP contribution >= 0.6 is 11.6 Å². The van der Waals surface area contributed by atoms with Gasteiger partial charge in [-0.15, -0.1) is 0 Å². The van der Waals surface area contributed by atoms with E-state index in [0.717, 1.165) is 5.76 Å². The highest BCUT2D eigenvalue weighted by Gasteiger charge is 2.10. The Bertz CT molecular complexity index is 754. The van der Waals surface area contributed by atoms with E-state index in [0.29, 0.717) is 29.2 Å². The number of hydrogen-bond acceptors (Lipinski definition) is 4. The SMILES string of the molecule is O=C(CCc1ccco1)Nc1cc(Cl)ccc1-n1cncn1. The average molecular weight is 317 g/mol. The Balaban J connectivity index is 1.73. The van der Waals surface area contributed by atoms with Crippen molar-refractivity contribution in [2.24, 2.45) is 0 Å². The molecule has 1 amide bonds. The van der Waals surface area contributed by atoms with Crippen molar-refractivity contribution in [2.45, 2.75) is 12.8 Å². The highest BCUT2D eigenvalue weighted by Crippen LogP contribution is 2.24. The van der Waals surface area contributed by atoms with Crippen molar-refractivity contribution in [1.29, 1.82) is 0 Å². The number of halogens is 1. The fraction of sp³-hybridized carbons (Fsp3) is 0.133. The lowest BCUT2D eigenvalue weighted by Crippen LogP contribution is -2.14. The lowest BCUT2D eigenvalue weighted by molar-refractivity contribution is -0.116. The van der Waals surface area contributed by atoms with Crippen molar-refractivity contribution in [3.8, 4) is 5.69 Å². The summed E-state index contributed by atoms with van der Waals surface area (Å²) in [6, 6.07) is 8.83. The summed E-state index contributed by atoms with van der Waals surface area (Å²) in [4.78, 5) is 16.0. The minimum Gasteiger partial charge on any atom is -0.469 e. The molecule has 0 radical (unpaired) electrons. The molecule has 0 bridgehead atoms. The predicted molar refractivity (Wildman–Crippen MR) is 82.0 cm³/mol. The molecule has 0 saturated carbocycles. The van der Waals surface area contributed by atoms with Crippen molar-refractivity contribution < 1.29 is 9.21 Å². The van der Waals surface area contributed by atoms with Crippen LogP contribution in [0, 0.1) is 0 Å². The highest BCUT2D eigenvalue weighted by atomic mass is 35.5. The summed E-state index contributed by atoms with van der Waals surface area (Å²) < 4.78 is 6.78. The van der Waals surface area contributed by atoms with Gasteiger partial charge in [0.15, 0.2) is 0 Å². The van der Waals surface area contributed by atoms with Gasteiger partial charge < -0.3 is 9.73 Å². The van der Waals surface area contributed by atoms with Crippen molar-refractivity contribution in [3.05, 3.63) is 60.0 Å². The van der Waals surface area contributed by atoms with Gasteiger partial charge in [0.1, 0.15) is 18.4 Å². The quantitative estimate of drug-likeness (QED) is 0.785. The van der Waals surface area contributed by atoms with Gasteiger partial charge in [-0.25, -0.2) is 9.67 Å². The first-order valence-electron chi connectivity index (χ1n) is 6.69. The molecule has 0 unspecified atom stereocenters. The number of aromatic nitrogens is 3. The van der Waals surface area contributed by atoms with Crippen LogP contribution in [0.25, 0.3) is 5.69 Å². The fourth-order valence-corrected chi connectivity index (χ4v) is 2.22. The Labute approximate surface area is 131 Å². The van der Waals surface area contributed by atoms with Crippen LogP contribution in [0.15, 0.2) is 53.7 Å². The maximum atomic E-state index is 12.1. The van der Waals surface area contributed by atoms with Crippen molar-refractivity contribution in [1.82, 2.24) is 14.8 Å². The van der Waals surface area contributed by atoms with Gasteiger partial charge in [-0.2, -0.15) is 5.10 Å². The summed E-state index contributed by atoms with van der Waals surface area (Å²) in [6.45, 7) is 0. The molecule has 6 nitrogen and oxygen atoms in total. The molecule has 0 spiro atoms. The number of rotatable bonds is 5. The number of furan rings is 1. The Kier molecular flexibility index (Phi) is 4.20. The number of carbonyl (C=O) groups excluding carboxylic acids is 1. The Hall–Kier alpha value is -2.60. The zero-order valence-electron chi connectivity index (χ0n) is 11.6. The van der Waals surface area contributed by atoms with Crippen molar-refractivity contribution >= 4 is 23.2 Å². The molecular formula is C15H13ClN4O2. The van der Waals surface area contributed by atoms with Gasteiger partial charge >= 0.3 is 0 Å². The van der Waals surface area contributed by atoms with Crippen molar-refractivity contribution in [2.75, 3.05) is 5.32 Å². The summed E-state index contributed by atoms with van der Waals surface area (Å²) in [5, 5.41) is 7.45. The molecule has 0 fully saturated rings. The first-order chi connectivity index (χ1) is 10.7. The molecule has 1 aromatic carbocycles. The minimum atomic E-state index is -0.125. The van der Waals surface area contributed by atoms with Crippen LogP contribution in [-0.2, 0) is 11.2 Å². The minimum absolute atomic E-state index is 0.125. The second-order valence-electron chi connectivity index (χ2n) is 4.63. The molecule has 3 rings (SSSR count). The first-order valence-corrected chi connectivity index (χ1v) is 7.07. The number of carbonyl (C=O) groups is 1. The van der Waals surface area contributed by atoms with Gasteiger partial charge in [-0.05, 0) is 30.3 Å². The molecule has 0 aliphatic rings. The second kappa shape index (κ2) is 6.44. The molecule has 2 aromatic heterocycles. The van der Waals surface area contributed by atoms with E-state index in [1.165, 1.54) is 6.33 Å². The number of aryl methyl sites for hydroxylation is 1. The largest absolute Gasteiger partial charge is 0.469 e. The molecule has 0 aliphatic heterocycles. The van der Waals surface area contributed by atoms with Crippen LogP contribution in [0.4, 0.5) is 5.69 Å². The molecule has 0 atom stereocenters. The van der Waals surface area contributed by atoms with Gasteiger partial charge in [-0.3, -0.25) is 4.79 Å². The fourth-order valence-electron chi connectivity index (χ4n) is 2.05. The summed E-state index contributed by atoms with van der Waals surface area (Å²) >= 11 is 6.01. The zero-order chi connectivity index (χ0) is 15.4. The van der Waals surface area contributed by atoms with E-state index in [1.54, 1.807) is 41.5 Å². The van der Waals surface area contributed by atoms with Crippen LogP contribution in [0.2, 0.25) is 5.02 Å². The second-order valence-corrected chi connectivity index (χ2v) is 5.07. The first kappa shape index (κ1) is 14.3. The summed E-state index contributed by atoms with van der Waals surface area (Å²) in [5.74, 6) is 0.651. The van der Waals surface area contributed by atoms with E-state index in [2.05, 4.69) is 15.4 Å². The molecule has 0 aliphatic carbocycles. The number of benzene rings is 1. The number of hydrogen-bond donors (Lipinski definition) is 1. The van der Waals surface area contributed by atoms with Gasteiger partial charge in [0.2, 0.25) is 5.91 Å². The maximum Gasteiger partial charge on any atom is 0.224 e. The summed E-state index contributed by atoms with van der Waals surface area (Å²) in [7, 11) is 0. The van der Waals surface area contributed by atoms with E-state index in [1.807, 2.05) is 6.07 Å². The molecule has 3 aromatic rings. The van der Waals surface area contributed by atoms with E-state index >= 15 is 0 Å². The van der Waals surface area contributed by atoms with Crippen LogP contribution in [0.5, 0.6) is 0 Å². The lowest BCUT2D eigenvalue weighted by Gasteiger charge is -2.11. The topological polar surface area (TPSA) is 73.0 Å². The highest BCUT2D eigenvalue weighted by molar-refractivity contribution is 6.31. The van der Waals surface area contributed by atoms with Crippen LogP contribution in [0.3, 0.4) is 0 Å². The standard InChI is InChI=1S/C15H13ClN4O2/c16-11-3-5-14(20-10-17-9-18-20)13(8-11)19-15(21)6-4-12-2-1-7-22-12/h1-3,5,7-10H,4,6H2,(H,19,21). The lowest BCUT2D eigenvalue weighted by atomic mass is 10.2. The van der Waals surface area contributed by atoms with Gasteiger partial charge in [0.25, 0.3) is 0 Å². The molecule has 1 N–H and O–H groups in total. The Morgan fingerprint density at radius 3 is 3.00 bits per heavy atom. The van der Waals surface area contributed by atoms with E-state index < -0.39 is 0 Å². The maximum absolute atomic E-state index is 12.1. The third-order valence-corrected chi connectivity index (χ3v) is 3.31. The van der Waals surface area contributed by atoms with E-state index in [4.69, 9.17) is 16.0 Å². The van der Waals surface area contributed by atoms with Gasteiger partial charge in [0.05, 0.1) is 17.6 Å². The van der Waals surface area contributed by atoms with Crippen LogP contribution < -0.4 is 5.32 Å². The van der Waals surface area contributed by atoms with Crippen LogP contribution in [0.1, 0.15) is 12.2 Å². The molecule has 0 saturated heterocycles. The molecule has 7 heteroatoms. The Morgan fingerprint density at radius 1 is 1.36 bits per heavy atom. The van der Waals surface area contributed by atoms with Gasteiger partial charge in [-0.1, -0.05) is 11.6 Å². The average Bonchev–Trinajstić information content (AvgIpc) is 3.19. The third kappa shape index (κ3) is 3.35. The number of anilines is 1. The summed E-state index contributed by atoms with van der Waals surface area (Å²) in [6.07, 6.45) is 5.43. The molecule has 2 heterocycles. The monoisotopic (exact) mass is 316 g/mol. The predicted octanol–water partition coefficient (Wildman–Crippen LogP) is 3.09. The number of nitrogens with one attached hydrogen (secondary N) is 1. The van der Waals surface area contributed by atoms with Crippen molar-refractivity contribution in [3.63, 3.8) is 0 Å². The zero-order valence-corrected chi connectivity index (χ0v) is 12.3. The molecule has 112 valence electrons. The molecular weight excluding hydrogens is 304 g/mol.